The Morgan fingerprint density at radius 3 is 2.27 bits per heavy atom. The molecule has 2 aromatic rings. The lowest BCUT2D eigenvalue weighted by Crippen LogP contribution is -2.38. The van der Waals surface area contributed by atoms with Crippen molar-refractivity contribution in [3.8, 4) is 0 Å². The number of halogens is 1. The van der Waals surface area contributed by atoms with E-state index in [-0.39, 0.29) is 29.9 Å². The number of carbonyl (C=O) groups is 1. The number of nitrogens with one attached hydrogen (secondary N) is 3. The van der Waals surface area contributed by atoms with Crippen LogP contribution in [0.2, 0.25) is 0 Å². The van der Waals surface area contributed by atoms with E-state index >= 15 is 0 Å². The van der Waals surface area contributed by atoms with E-state index in [2.05, 4.69) is 40.0 Å². The molecule has 0 saturated carbocycles. The SMILES string of the molecule is CCNC(=NCc1ccccc1)NCCc1ccc(NC(C)=O)cc1.I. The minimum absolute atomic E-state index is 0. The van der Waals surface area contributed by atoms with Crippen LogP contribution in [0.4, 0.5) is 5.69 Å². The fraction of sp³-hybridized carbons (Fsp3) is 0.300. The van der Waals surface area contributed by atoms with Crippen molar-refractivity contribution in [3.63, 3.8) is 0 Å². The van der Waals surface area contributed by atoms with Gasteiger partial charge in [-0.25, -0.2) is 4.99 Å². The summed E-state index contributed by atoms with van der Waals surface area (Å²) in [6.07, 6.45) is 0.885. The molecule has 0 unspecified atom stereocenters. The lowest BCUT2D eigenvalue weighted by atomic mass is 10.1. The minimum Gasteiger partial charge on any atom is -0.357 e. The third-order valence-electron chi connectivity index (χ3n) is 3.59. The number of nitrogens with zero attached hydrogens (tertiary/aromatic N) is 1. The molecule has 3 N–H and O–H groups in total. The monoisotopic (exact) mass is 466 g/mol. The normalized spacial score (nSPS) is 10.6. The predicted octanol–water partition coefficient (Wildman–Crippen LogP) is 3.56. The molecule has 0 saturated heterocycles. The first-order valence-corrected chi connectivity index (χ1v) is 8.60. The summed E-state index contributed by atoms with van der Waals surface area (Å²) in [6, 6.07) is 18.1. The van der Waals surface area contributed by atoms with Crippen molar-refractivity contribution in [2.24, 2.45) is 4.99 Å². The second kappa shape index (κ2) is 12.3. The standard InChI is InChI=1S/C20H26N4O.HI/c1-3-21-20(23-15-18-7-5-4-6-8-18)22-14-13-17-9-11-19(12-10-17)24-16(2)25;/h4-12H,3,13-15H2,1-2H3,(H,24,25)(H2,21,22,23);1H. The van der Waals surface area contributed by atoms with Crippen LogP contribution in [-0.4, -0.2) is 25.0 Å². The topological polar surface area (TPSA) is 65.5 Å². The molecule has 0 bridgehead atoms. The van der Waals surface area contributed by atoms with Gasteiger partial charge in [-0.2, -0.15) is 0 Å². The Hall–Kier alpha value is -2.09. The predicted molar refractivity (Wildman–Crippen MR) is 119 cm³/mol. The van der Waals surface area contributed by atoms with Gasteiger partial charge in [0, 0.05) is 25.7 Å². The van der Waals surface area contributed by atoms with Gasteiger partial charge in [0.25, 0.3) is 0 Å². The minimum atomic E-state index is -0.0562. The molecule has 0 aliphatic heterocycles. The second-order valence-electron chi connectivity index (χ2n) is 5.74. The highest BCUT2D eigenvalue weighted by Gasteiger charge is 2.00. The summed E-state index contributed by atoms with van der Waals surface area (Å²) >= 11 is 0. The summed E-state index contributed by atoms with van der Waals surface area (Å²) in [5, 5.41) is 9.39. The molecule has 26 heavy (non-hydrogen) atoms. The highest BCUT2D eigenvalue weighted by molar-refractivity contribution is 14.0. The average molecular weight is 466 g/mol. The zero-order valence-corrected chi connectivity index (χ0v) is 17.6. The van der Waals surface area contributed by atoms with Gasteiger partial charge in [0.05, 0.1) is 6.54 Å². The Kier molecular flexibility index (Phi) is 10.4. The first-order chi connectivity index (χ1) is 12.2. The number of hydrogen-bond acceptors (Lipinski definition) is 2. The van der Waals surface area contributed by atoms with Gasteiger partial charge in [0.1, 0.15) is 0 Å². The van der Waals surface area contributed by atoms with E-state index in [0.717, 1.165) is 31.2 Å². The van der Waals surface area contributed by atoms with Crippen molar-refractivity contribution < 1.29 is 4.79 Å². The fourth-order valence-electron chi connectivity index (χ4n) is 2.38. The molecule has 5 nitrogen and oxygen atoms in total. The van der Waals surface area contributed by atoms with Crippen molar-refractivity contribution in [1.82, 2.24) is 10.6 Å². The van der Waals surface area contributed by atoms with Crippen LogP contribution in [0.25, 0.3) is 0 Å². The lowest BCUT2D eigenvalue weighted by molar-refractivity contribution is -0.114. The number of aliphatic imine (C=N–C) groups is 1. The molecule has 2 aromatic carbocycles. The maximum atomic E-state index is 11.0. The molecule has 140 valence electrons. The first kappa shape index (κ1) is 22.0. The summed E-state index contributed by atoms with van der Waals surface area (Å²) in [6.45, 7) is 5.84. The second-order valence-corrected chi connectivity index (χ2v) is 5.74. The van der Waals surface area contributed by atoms with E-state index in [1.807, 2.05) is 42.5 Å². The Morgan fingerprint density at radius 1 is 0.962 bits per heavy atom. The molecule has 2 rings (SSSR count). The molecule has 0 spiro atoms. The van der Waals surface area contributed by atoms with Gasteiger partial charge >= 0.3 is 0 Å². The zero-order chi connectivity index (χ0) is 17.9. The number of hydrogen-bond donors (Lipinski definition) is 3. The van der Waals surface area contributed by atoms with Crippen LogP contribution in [0.5, 0.6) is 0 Å². The largest absolute Gasteiger partial charge is 0.357 e. The maximum Gasteiger partial charge on any atom is 0.221 e. The van der Waals surface area contributed by atoms with Crippen LogP contribution >= 0.6 is 24.0 Å². The molecular formula is C20H27IN4O. The Bertz CT molecular complexity index is 687. The fourth-order valence-corrected chi connectivity index (χ4v) is 2.38. The third-order valence-corrected chi connectivity index (χ3v) is 3.59. The van der Waals surface area contributed by atoms with Crippen LogP contribution in [0.1, 0.15) is 25.0 Å². The maximum absolute atomic E-state index is 11.0. The van der Waals surface area contributed by atoms with Crippen molar-refractivity contribution in [3.05, 3.63) is 65.7 Å². The quantitative estimate of drug-likeness (QED) is 0.332. The van der Waals surface area contributed by atoms with Crippen LogP contribution in [0, 0.1) is 0 Å². The van der Waals surface area contributed by atoms with E-state index < -0.39 is 0 Å². The highest BCUT2D eigenvalue weighted by atomic mass is 127. The summed E-state index contributed by atoms with van der Waals surface area (Å²) in [7, 11) is 0. The lowest BCUT2D eigenvalue weighted by Gasteiger charge is -2.11. The van der Waals surface area contributed by atoms with Crippen LogP contribution in [-0.2, 0) is 17.8 Å². The summed E-state index contributed by atoms with van der Waals surface area (Å²) in [4.78, 5) is 15.6. The molecule has 0 aromatic heterocycles. The van der Waals surface area contributed by atoms with E-state index in [1.54, 1.807) is 0 Å². The van der Waals surface area contributed by atoms with E-state index in [0.29, 0.717) is 6.54 Å². The first-order valence-electron chi connectivity index (χ1n) is 8.60. The number of anilines is 1. The van der Waals surface area contributed by atoms with Gasteiger partial charge in [0.15, 0.2) is 5.96 Å². The molecule has 0 fully saturated rings. The number of guanidine groups is 1. The van der Waals surface area contributed by atoms with Crippen molar-refractivity contribution in [1.29, 1.82) is 0 Å². The van der Waals surface area contributed by atoms with Crippen molar-refractivity contribution in [2.75, 3.05) is 18.4 Å². The van der Waals surface area contributed by atoms with Gasteiger partial charge < -0.3 is 16.0 Å². The number of rotatable bonds is 7. The zero-order valence-electron chi connectivity index (χ0n) is 15.3. The molecule has 0 heterocycles. The van der Waals surface area contributed by atoms with E-state index in [4.69, 9.17) is 0 Å². The van der Waals surface area contributed by atoms with Gasteiger partial charge in [-0.1, -0.05) is 42.5 Å². The molecule has 0 aliphatic carbocycles. The molecule has 0 atom stereocenters. The van der Waals surface area contributed by atoms with E-state index in [9.17, 15) is 4.79 Å². The Morgan fingerprint density at radius 2 is 1.65 bits per heavy atom. The van der Waals surface area contributed by atoms with Crippen LogP contribution in [0.3, 0.4) is 0 Å². The van der Waals surface area contributed by atoms with E-state index in [1.165, 1.54) is 18.1 Å². The van der Waals surface area contributed by atoms with Crippen molar-refractivity contribution in [2.45, 2.75) is 26.8 Å². The molecule has 0 aliphatic rings. The molecule has 6 heteroatoms. The molecule has 0 radical (unpaired) electrons. The number of benzene rings is 2. The van der Waals surface area contributed by atoms with Crippen molar-refractivity contribution >= 4 is 41.5 Å². The number of amides is 1. The average Bonchev–Trinajstić information content (AvgIpc) is 2.61. The van der Waals surface area contributed by atoms with Gasteiger partial charge in [-0.3, -0.25) is 4.79 Å². The molecule has 1 amide bonds. The number of carbonyl (C=O) groups excluding carboxylic acids is 1. The summed E-state index contributed by atoms with van der Waals surface area (Å²) in [5.41, 5.74) is 3.22. The summed E-state index contributed by atoms with van der Waals surface area (Å²) < 4.78 is 0. The van der Waals surface area contributed by atoms with Gasteiger partial charge in [-0.15, -0.1) is 24.0 Å². The Balaban J connectivity index is 0.00000338. The van der Waals surface area contributed by atoms with Crippen LogP contribution in [0.15, 0.2) is 59.6 Å². The Labute approximate surface area is 172 Å². The smallest absolute Gasteiger partial charge is 0.221 e. The third kappa shape index (κ3) is 8.33. The molecular weight excluding hydrogens is 439 g/mol. The summed E-state index contributed by atoms with van der Waals surface area (Å²) in [5.74, 6) is 0.764. The van der Waals surface area contributed by atoms with Crippen LogP contribution < -0.4 is 16.0 Å². The van der Waals surface area contributed by atoms with Gasteiger partial charge in [-0.05, 0) is 36.6 Å². The highest BCUT2D eigenvalue weighted by Crippen LogP contribution is 2.09. The van der Waals surface area contributed by atoms with Gasteiger partial charge in [0.2, 0.25) is 5.91 Å².